The summed E-state index contributed by atoms with van der Waals surface area (Å²) in [6.07, 6.45) is 6.61. The Bertz CT molecular complexity index is 590. The fourth-order valence-electron chi connectivity index (χ4n) is 3.94. The zero-order valence-electron chi connectivity index (χ0n) is 15.4. The molecule has 3 rings (SSSR count). The second kappa shape index (κ2) is 8.56. The van der Waals surface area contributed by atoms with Crippen LogP contribution in [-0.2, 0) is 0 Å². The first kappa shape index (κ1) is 18.1. The maximum Gasteiger partial charge on any atom is 0.412 e. The molecule has 1 fully saturated rings. The molecule has 2 atom stereocenters. The topological polar surface area (TPSA) is 50.8 Å². The van der Waals surface area contributed by atoms with E-state index in [0.717, 1.165) is 37.1 Å². The van der Waals surface area contributed by atoms with Crippen molar-refractivity contribution in [3.63, 3.8) is 0 Å². The van der Waals surface area contributed by atoms with E-state index >= 15 is 0 Å². The van der Waals surface area contributed by atoms with Crippen molar-refractivity contribution in [3.05, 3.63) is 23.8 Å². The Labute approximate surface area is 150 Å². The third-order valence-electron chi connectivity index (χ3n) is 5.30. The van der Waals surface area contributed by atoms with Gasteiger partial charge in [0.2, 0.25) is 0 Å². The highest BCUT2D eigenvalue weighted by Crippen LogP contribution is 2.47. The quantitative estimate of drug-likeness (QED) is 0.754. The van der Waals surface area contributed by atoms with Crippen molar-refractivity contribution in [2.24, 2.45) is 5.92 Å². The van der Waals surface area contributed by atoms with E-state index in [1.165, 1.54) is 19.3 Å². The highest BCUT2D eigenvalue weighted by atomic mass is 16.6. The Morgan fingerprint density at radius 1 is 1.32 bits per heavy atom. The maximum atomic E-state index is 12.1. The zero-order chi connectivity index (χ0) is 17.6. The Morgan fingerprint density at radius 3 is 3.00 bits per heavy atom. The maximum absolute atomic E-state index is 12.1. The number of likely N-dealkylation sites (tertiary alicyclic amines) is 1. The average molecular weight is 346 g/mol. The molecule has 5 nitrogen and oxygen atoms in total. The number of carbonyl (C=O) groups excluding carboxylic acids is 1. The molecule has 0 aliphatic carbocycles. The molecule has 25 heavy (non-hydrogen) atoms. The second-order valence-corrected chi connectivity index (χ2v) is 7.19. The molecule has 0 radical (unpaired) electrons. The Balaban J connectivity index is 1.56. The molecule has 1 amide bonds. The lowest BCUT2D eigenvalue weighted by molar-refractivity contribution is 0.156. The summed E-state index contributed by atoms with van der Waals surface area (Å²) in [7, 11) is 2.15. The first-order valence-corrected chi connectivity index (χ1v) is 9.62. The highest BCUT2D eigenvalue weighted by Gasteiger charge is 2.39. The van der Waals surface area contributed by atoms with Gasteiger partial charge in [0.25, 0.3) is 0 Å². The van der Waals surface area contributed by atoms with Crippen molar-refractivity contribution in [2.75, 3.05) is 26.7 Å². The predicted octanol–water partition coefficient (Wildman–Crippen LogP) is 4.13. The van der Waals surface area contributed by atoms with E-state index in [4.69, 9.17) is 9.47 Å². The molecule has 0 unspecified atom stereocenters. The highest BCUT2D eigenvalue weighted by molar-refractivity contribution is 5.71. The Hall–Kier alpha value is -1.75. The molecule has 5 heteroatoms. The summed E-state index contributed by atoms with van der Waals surface area (Å²) in [5, 5.41) is 2.84. The minimum Gasteiger partial charge on any atom is -0.489 e. The number of rotatable bonds is 7. The molecule has 0 spiro atoms. The van der Waals surface area contributed by atoms with Crippen LogP contribution in [0.2, 0.25) is 0 Å². The van der Waals surface area contributed by atoms with Crippen LogP contribution in [0.4, 0.5) is 4.79 Å². The van der Waals surface area contributed by atoms with Crippen LogP contribution in [0, 0.1) is 5.92 Å². The molecule has 1 aromatic rings. The van der Waals surface area contributed by atoms with Gasteiger partial charge in [0.05, 0.1) is 6.61 Å². The van der Waals surface area contributed by atoms with Gasteiger partial charge in [-0.25, -0.2) is 4.79 Å². The lowest BCUT2D eigenvalue weighted by atomic mass is 9.91. The summed E-state index contributed by atoms with van der Waals surface area (Å²) >= 11 is 0. The predicted molar refractivity (Wildman–Crippen MR) is 98.2 cm³/mol. The van der Waals surface area contributed by atoms with Gasteiger partial charge in [0.15, 0.2) is 11.5 Å². The van der Waals surface area contributed by atoms with E-state index in [9.17, 15) is 4.79 Å². The van der Waals surface area contributed by atoms with Crippen molar-refractivity contribution >= 4 is 6.09 Å². The van der Waals surface area contributed by atoms with Gasteiger partial charge < -0.3 is 14.8 Å². The van der Waals surface area contributed by atoms with Gasteiger partial charge >= 0.3 is 6.09 Å². The first-order valence-electron chi connectivity index (χ1n) is 9.62. The fourth-order valence-corrected chi connectivity index (χ4v) is 3.94. The Morgan fingerprint density at radius 2 is 2.16 bits per heavy atom. The van der Waals surface area contributed by atoms with E-state index in [-0.39, 0.29) is 0 Å². The van der Waals surface area contributed by atoms with Crippen LogP contribution in [-0.4, -0.2) is 37.7 Å². The molecule has 1 saturated heterocycles. The van der Waals surface area contributed by atoms with Crippen LogP contribution in [0.25, 0.3) is 0 Å². The zero-order valence-corrected chi connectivity index (χ0v) is 15.4. The van der Waals surface area contributed by atoms with Crippen LogP contribution in [0.5, 0.6) is 11.5 Å². The number of nitrogens with zero attached hydrogens (tertiary/aromatic N) is 1. The number of benzene rings is 1. The number of para-hydroxylation sites is 1. The molecular formula is C20H30N2O3. The van der Waals surface area contributed by atoms with Crippen molar-refractivity contribution in [3.8, 4) is 11.5 Å². The van der Waals surface area contributed by atoms with E-state index in [0.29, 0.717) is 30.9 Å². The largest absolute Gasteiger partial charge is 0.489 e. The first-order chi connectivity index (χ1) is 12.2. The average Bonchev–Trinajstić information content (AvgIpc) is 3.00. The standard InChI is InChI=1S/C20H30N2O3/c1-3-4-5-6-7-12-21-20(23)25-17-10-8-9-16-18-15(11-13-22(18)2)14-24-19(16)17/h8-10,15,18H,3-7,11-14H2,1-2H3,(H,21,23)/t15-,18-/m0/s1. The van der Waals surface area contributed by atoms with Crippen LogP contribution in [0.15, 0.2) is 18.2 Å². The molecule has 138 valence electrons. The number of nitrogens with one attached hydrogen (secondary N) is 1. The lowest BCUT2D eigenvalue weighted by Crippen LogP contribution is -2.30. The number of hydrogen-bond donors (Lipinski definition) is 1. The third-order valence-corrected chi connectivity index (χ3v) is 5.30. The van der Waals surface area contributed by atoms with Gasteiger partial charge in [-0.15, -0.1) is 0 Å². The number of fused-ring (bicyclic) bond motifs is 3. The van der Waals surface area contributed by atoms with Gasteiger partial charge in [0.1, 0.15) is 0 Å². The van der Waals surface area contributed by atoms with Gasteiger partial charge in [-0.05, 0) is 32.5 Å². The molecule has 0 saturated carbocycles. The van der Waals surface area contributed by atoms with Crippen LogP contribution in [0.3, 0.4) is 0 Å². The van der Waals surface area contributed by atoms with E-state index in [1.54, 1.807) is 0 Å². The molecule has 2 aliphatic rings. The van der Waals surface area contributed by atoms with E-state index < -0.39 is 6.09 Å². The lowest BCUT2D eigenvalue weighted by Gasteiger charge is -2.32. The van der Waals surface area contributed by atoms with Crippen LogP contribution in [0.1, 0.15) is 57.1 Å². The van der Waals surface area contributed by atoms with Gasteiger partial charge in [-0.3, -0.25) is 4.90 Å². The second-order valence-electron chi connectivity index (χ2n) is 7.19. The molecule has 0 aromatic heterocycles. The summed E-state index contributed by atoms with van der Waals surface area (Å²) in [6, 6.07) is 6.22. The molecule has 2 heterocycles. The van der Waals surface area contributed by atoms with Crippen LogP contribution < -0.4 is 14.8 Å². The minimum absolute atomic E-state index is 0.369. The Kier molecular flexibility index (Phi) is 6.19. The summed E-state index contributed by atoms with van der Waals surface area (Å²) in [5.74, 6) is 1.79. The summed E-state index contributed by atoms with van der Waals surface area (Å²) < 4.78 is 11.5. The van der Waals surface area contributed by atoms with Crippen molar-refractivity contribution < 1.29 is 14.3 Å². The number of carbonyl (C=O) groups is 1. The molecular weight excluding hydrogens is 316 g/mol. The van der Waals surface area contributed by atoms with Gasteiger partial charge in [-0.2, -0.15) is 0 Å². The van der Waals surface area contributed by atoms with Crippen molar-refractivity contribution in [2.45, 2.75) is 51.5 Å². The van der Waals surface area contributed by atoms with E-state index in [1.807, 2.05) is 12.1 Å². The van der Waals surface area contributed by atoms with Crippen molar-refractivity contribution in [1.82, 2.24) is 10.2 Å². The number of hydrogen-bond acceptors (Lipinski definition) is 4. The van der Waals surface area contributed by atoms with Gasteiger partial charge in [-0.1, -0.05) is 44.7 Å². The monoisotopic (exact) mass is 346 g/mol. The molecule has 0 bridgehead atoms. The number of unbranched alkanes of at least 4 members (excludes halogenated alkanes) is 4. The summed E-state index contributed by atoms with van der Waals surface area (Å²) in [6.45, 7) is 4.64. The number of amides is 1. The molecule has 1 N–H and O–H groups in total. The SMILES string of the molecule is CCCCCCCNC(=O)Oc1cccc2c1OC[C@@H]1CCN(C)[C@H]21. The summed E-state index contributed by atoms with van der Waals surface area (Å²) in [5.41, 5.74) is 1.14. The fraction of sp³-hybridized carbons (Fsp3) is 0.650. The van der Waals surface area contributed by atoms with Crippen LogP contribution >= 0.6 is 0 Å². The van der Waals surface area contributed by atoms with Crippen molar-refractivity contribution in [1.29, 1.82) is 0 Å². The van der Waals surface area contributed by atoms with Gasteiger partial charge in [0, 0.05) is 24.1 Å². The third kappa shape index (κ3) is 4.27. The smallest absolute Gasteiger partial charge is 0.412 e. The normalized spacial score (nSPS) is 22.0. The molecule has 1 aromatic carbocycles. The van der Waals surface area contributed by atoms with E-state index in [2.05, 4.69) is 30.3 Å². The summed E-state index contributed by atoms with van der Waals surface area (Å²) in [4.78, 5) is 14.4. The minimum atomic E-state index is -0.394. The number of ether oxygens (including phenoxy) is 2. The molecule has 2 aliphatic heterocycles.